The zero-order valence-corrected chi connectivity index (χ0v) is 12.4. The minimum absolute atomic E-state index is 0.147. The van der Waals surface area contributed by atoms with Crippen LogP contribution in [0.4, 0.5) is 0 Å². The highest BCUT2D eigenvalue weighted by molar-refractivity contribution is 7.99. The Kier molecular flexibility index (Phi) is 6.01. The van der Waals surface area contributed by atoms with Crippen molar-refractivity contribution in [3.8, 4) is 0 Å². The Hall–Kier alpha value is -0.710. The van der Waals surface area contributed by atoms with Crippen LogP contribution in [-0.2, 0) is 4.79 Å². The van der Waals surface area contributed by atoms with Gasteiger partial charge in [0.15, 0.2) is 0 Å². The van der Waals surface area contributed by atoms with Crippen LogP contribution in [0.3, 0.4) is 0 Å². The van der Waals surface area contributed by atoms with E-state index >= 15 is 0 Å². The lowest BCUT2D eigenvalue weighted by Gasteiger charge is -2.21. The van der Waals surface area contributed by atoms with Gasteiger partial charge >= 0.3 is 0 Å². The van der Waals surface area contributed by atoms with Crippen molar-refractivity contribution >= 4 is 29.3 Å². The first-order valence-electron chi connectivity index (χ1n) is 6.62. The number of hydrogen-bond acceptors (Lipinski definition) is 3. The first-order valence-corrected chi connectivity index (χ1v) is 7.99. The molecule has 0 bridgehead atoms. The average molecular weight is 299 g/mol. The van der Waals surface area contributed by atoms with Gasteiger partial charge < -0.3 is 10.6 Å². The maximum Gasteiger partial charge on any atom is 0.224 e. The van der Waals surface area contributed by atoms with Crippen molar-refractivity contribution in [2.45, 2.75) is 17.7 Å². The summed E-state index contributed by atoms with van der Waals surface area (Å²) >= 11 is 7.56. The van der Waals surface area contributed by atoms with Crippen LogP contribution in [0.1, 0.15) is 12.8 Å². The maximum absolute atomic E-state index is 11.9. The molecule has 1 aliphatic rings. The number of hydrogen-bond donors (Lipinski definition) is 2. The van der Waals surface area contributed by atoms with Gasteiger partial charge in [0, 0.05) is 28.8 Å². The second-order valence-electron chi connectivity index (χ2n) is 4.64. The van der Waals surface area contributed by atoms with Crippen LogP contribution >= 0.6 is 23.4 Å². The largest absolute Gasteiger partial charge is 0.355 e. The third kappa shape index (κ3) is 5.05. The first kappa shape index (κ1) is 14.7. The molecular weight excluding hydrogens is 280 g/mol. The third-order valence-corrected chi connectivity index (χ3v) is 4.42. The predicted molar refractivity (Wildman–Crippen MR) is 80.8 cm³/mol. The molecule has 2 rings (SSSR count). The van der Waals surface area contributed by atoms with Gasteiger partial charge in [0.2, 0.25) is 5.91 Å². The summed E-state index contributed by atoms with van der Waals surface area (Å²) in [6.45, 7) is 2.56. The fourth-order valence-electron chi connectivity index (χ4n) is 2.09. The molecule has 104 valence electrons. The van der Waals surface area contributed by atoms with Gasteiger partial charge in [-0.1, -0.05) is 11.6 Å². The van der Waals surface area contributed by atoms with Crippen LogP contribution in [0.15, 0.2) is 29.2 Å². The molecule has 0 aliphatic carbocycles. The van der Waals surface area contributed by atoms with E-state index in [2.05, 4.69) is 10.6 Å². The molecule has 1 fully saturated rings. The monoisotopic (exact) mass is 298 g/mol. The lowest BCUT2D eigenvalue weighted by atomic mass is 9.99. The van der Waals surface area contributed by atoms with Crippen molar-refractivity contribution in [1.29, 1.82) is 0 Å². The average Bonchev–Trinajstić information content (AvgIpc) is 2.46. The van der Waals surface area contributed by atoms with Crippen molar-refractivity contribution in [1.82, 2.24) is 10.6 Å². The van der Waals surface area contributed by atoms with Crippen LogP contribution in [0.2, 0.25) is 5.02 Å². The molecule has 1 aromatic carbocycles. The lowest BCUT2D eigenvalue weighted by molar-refractivity contribution is -0.125. The maximum atomic E-state index is 11.9. The van der Waals surface area contributed by atoms with Crippen LogP contribution < -0.4 is 10.6 Å². The smallest absolute Gasteiger partial charge is 0.224 e. The predicted octanol–water partition coefficient (Wildman–Crippen LogP) is 2.55. The van der Waals surface area contributed by atoms with Gasteiger partial charge in [-0.3, -0.25) is 4.79 Å². The van der Waals surface area contributed by atoms with E-state index in [9.17, 15) is 4.79 Å². The lowest BCUT2D eigenvalue weighted by Crippen LogP contribution is -2.41. The van der Waals surface area contributed by atoms with Crippen LogP contribution in [0.5, 0.6) is 0 Å². The summed E-state index contributed by atoms with van der Waals surface area (Å²) < 4.78 is 0. The minimum atomic E-state index is 0.147. The summed E-state index contributed by atoms with van der Waals surface area (Å²) in [4.78, 5) is 13.1. The van der Waals surface area contributed by atoms with E-state index in [1.54, 1.807) is 11.8 Å². The topological polar surface area (TPSA) is 41.1 Å². The van der Waals surface area contributed by atoms with E-state index in [0.717, 1.165) is 36.7 Å². The fourth-order valence-corrected chi connectivity index (χ4v) is 2.99. The Morgan fingerprint density at radius 2 is 2.21 bits per heavy atom. The van der Waals surface area contributed by atoms with Crippen molar-refractivity contribution in [2.24, 2.45) is 5.92 Å². The highest BCUT2D eigenvalue weighted by Gasteiger charge is 2.19. The molecule has 1 unspecified atom stereocenters. The Bertz CT molecular complexity index is 404. The van der Waals surface area contributed by atoms with Gasteiger partial charge in [0.25, 0.3) is 0 Å². The number of piperidine rings is 1. The number of carbonyl (C=O) groups excluding carboxylic acids is 1. The summed E-state index contributed by atoms with van der Waals surface area (Å²) in [5.74, 6) is 1.21. The molecule has 2 N–H and O–H groups in total. The summed E-state index contributed by atoms with van der Waals surface area (Å²) in [6.07, 6.45) is 2.10. The molecule has 0 aromatic heterocycles. The number of amides is 1. The van der Waals surface area contributed by atoms with E-state index in [-0.39, 0.29) is 11.8 Å². The van der Waals surface area contributed by atoms with Gasteiger partial charge in [0.1, 0.15) is 0 Å². The number of carbonyl (C=O) groups is 1. The molecule has 1 atom stereocenters. The normalized spacial score (nSPS) is 19.1. The molecule has 1 aliphatic heterocycles. The van der Waals surface area contributed by atoms with E-state index < -0.39 is 0 Å². The number of halogens is 1. The van der Waals surface area contributed by atoms with Crippen molar-refractivity contribution in [3.05, 3.63) is 29.3 Å². The van der Waals surface area contributed by atoms with Gasteiger partial charge in [-0.2, -0.15) is 0 Å². The van der Waals surface area contributed by atoms with Gasteiger partial charge in [-0.05, 0) is 43.7 Å². The second kappa shape index (κ2) is 7.78. The molecule has 1 amide bonds. The highest BCUT2D eigenvalue weighted by atomic mass is 35.5. The molecule has 0 radical (unpaired) electrons. The Morgan fingerprint density at radius 1 is 1.42 bits per heavy atom. The summed E-state index contributed by atoms with van der Waals surface area (Å²) in [5.41, 5.74) is 0. The van der Waals surface area contributed by atoms with Crippen LogP contribution in [-0.4, -0.2) is 31.3 Å². The number of thioether (sulfide) groups is 1. The van der Waals surface area contributed by atoms with Crippen molar-refractivity contribution < 1.29 is 4.79 Å². The molecule has 1 saturated heterocycles. The molecule has 1 aromatic rings. The van der Waals surface area contributed by atoms with Gasteiger partial charge in [-0.15, -0.1) is 11.8 Å². The molecule has 0 saturated carbocycles. The van der Waals surface area contributed by atoms with Gasteiger partial charge in [0.05, 0.1) is 5.92 Å². The van der Waals surface area contributed by atoms with Crippen LogP contribution in [0.25, 0.3) is 0 Å². The third-order valence-electron chi connectivity index (χ3n) is 3.15. The number of rotatable bonds is 5. The number of nitrogens with one attached hydrogen (secondary N) is 2. The fraction of sp³-hybridized carbons (Fsp3) is 0.500. The Morgan fingerprint density at radius 3 is 2.89 bits per heavy atom. The van der Waals surface area contributed by atoms with E-state index in [0.29, 0.717) is 6.54 Å². The molecule has 3 nitrogen and oxygen atoms in total. The quantitative estimate of drug-likeness (QED) is 0.648. The summed E-state index contributed by atoms with van der Waals surface area (Å²) in [5, 5.41) is 7.02. The standard InChI is InChI=1S/C14H19ClN2OS/c15-12-3-5-13(6-4-12)19-9-8-17-14(18)11-2-1-7-16-10-11/h3-6,11,16H,1-2,7-10H2,(H,17,18). The molecule has 0 spiro atoms. The zero-order chi connectivity index (χ0) is 13.5. The van der Waals surface area contributed by atoms with E-state index in [4.69, 9.17) is 11.6 Å². The zero-order valence-electron chi connectivity index (χ0n) is 10.8. The van der Waals surface area contributed by atoms with Crippen molar-refractivity contribution in [2.75, 3.05) is 25.4 Å². The van der Waals surface area contributed by atoms with E-state index in [1.165, 1.54) is 4.90 Å². The van der Waals surface area contributed by atoms with Crippen molar-refractivity contribution in [3.63, 3.8) is 0 Å². The van der Waals surface area contributed by atoms with Crippen LogP contribution in [0, 0.1) is 5.92 Å². The minimum Gasteiger partial charge on any atom is -0.355 e. The first-order chi connectivity index (χ1) is 9.25. The summed E-state index contributed by atoms with van der Waals surface area (Å²) in [7, 11) is 0. The number of benzene rings is 1. The molecular formula is C14H19ClN2OS. The van der Waals surface area contributed by atoms with E-state index in [1.807, 2.05) is 24.3 Å². The Balaban J connectivity index is 1.63. The Labute approximate surface area is 123 Å². The second-order valence-corrected chi connectivity index (χ2v) is 6.24. The summed E-state index contributed by atoms with van der Waals surface area (Å²) in [6, 6.07) is 7.77. The molecule has 1 heterocycles. The SMILES string of the molecule is O=C(NCCSc1ccc(Cl)cc1)C1CCCNC1. The molecule has 19 heavy (non-hydrogen) atoms. The molecule has 5 heteroatoms. The van der Waals surface area contributed by atoms with Gasteiger partial charge in [-0.25, -0.2) is 0 Å². The highest BCUT2D eigenvalue weighted by Crippen LogP contribution is 2.19.